The number of nitrogens with two attached hydrogens (primary N) is 1. The summed E-state index contributed by atoms with van der Waals surface area (Å²) in [7, 11) is 0. The summed E-state index contributed by atoms with van der Waals surface area (Å²) in [6, 6.07) is 8.57. The summed E-state index contributed by atoms with van der Waals surface area (Å²) in [6.45, 7) is 3.16. The van der Waals surface area contributed by atoms with Crippen LogP contribution in [0.4, 0.5) is 5.69 Å². The number of nitrogens with one attached hydrogen (secondary N) is 1. The molecule has 23 heavy (non-hydrogen) atoms. The van der Waals surface area contributed by atoms with Crippen LogP contribution in [0.3, 0.4) is 0 Å². The van der Waals surface area contributed by atoms with Gasteiger partial charge in [0, 0.05) is 5.69 Å². The van der Waals surface area contributed by atoms with Gasteiger partial charge in [-0.3, -0.25) is 9.59 Å². The molecule has 0 aliphatic rings. The number of rotatable bonds is 4. The molecule has 0 fully saturated rings. The normalized spacial score (nSPS) is 11.5. The number of carbonyl (C=O) groups is 1. The van der Waals surface area contributed by atoms with Crippen molar-refractivity contribution in [3.63, 3.8) is 0 Å². The highest BCUT2D eigenvalue weighted by Gasteiger charge is 2.18. The van der Waals surface area contributed by atoms with Crippen LogP contribution in [0, 0.1) is 18.3 Å². The van der Waals surface area contributed by atoms with Crippen LogP contribution in [0.5, 0.6) is 0 Å². The number of carbonyl (C=O) groups excluding carboxylic acids is 1. The molecule has 1 aromatic heterocycles. The molecular weight excluding hydrogens is 316 g/mol. The Kier molecular flexibility index (Phi) is 4.98. The molecule has 1 amide bonds. The average molecular weight is 330 g/mol. The fourth-order valence-corrected chi connectivity index (χ4v) is 2.44. The number of anilines is 1. The van der Waals surface area contributed by atoms with Gasteiger partial charge in [-0.15, -0.1) is 10.2 Å². The summed E-state index contributed by atoms with van der Waals surface area (Å²) < 4.78 is 0.868. The Balaban J connectivity index is 2.10. The van der Waals surface area contributed by atoms with Gasteiger partial charge in [-0.2, -0.15) is 9.94 Å². The Morgan fingerprint density at radius 3 is 2.91 bits per heavy atom. The molecule has 0 aliphatic carbocycles. The van der Waals surface area contributed by atoms with Gasteiger partial charge in [0.05, 0.1) is 16.9 Å². The van der Waals surface area contributed by atoms with Crippen molar-refractivity contribution in [2.45, 2.75) is 24.3 Å². The molecule has 0 aliphatic heterocycles. The molecule has 0 unspecified atom stereocenters. The van der Waals surface area contributed by atoms with E-state index in [1.165, 1.54) is 6.92 Å². The molecule has 9 heteroatoms. The van der Waals surface area contributed by atoms with Crippen molar-refractivity contribution in [1.82, 2.24) is 14.9 Å². The molecule has 1 heterocycles. The number of benzene rings is 1. The highest BCUT2D eigenvalue weighted by molar-refractivity contribution is 8.00. The number of nitrogen functional groups attached to an aromatic ring is 1. The lowest BCUT2D eigenvalue weighted by Crippen LogP contribution is -2.33. The van der Waals surface area contributed by atoms with Gasteiger partial charge in [-0.25, -0.2) is 0 Å². The molecule has 1 aromatic carbocycles. The second-order valence-corrected chi connectivity index (χ2v) is 5.99. The largest absolute Gasteiger partial charge is 0.334 e. The van der Waals surface area contributed by atoms with Crippen molar-refractivity contribution >= 4 is 23.4 Å². The summed E-state index contributed by atoms with van der Waals surface area (Å²) in [4.78, 5) is 23.9. The van der Waals surface area contributed by atoms with Gasteiger partial charge in [0.1, 0.15) is 5.69 Å². The molecule has 118 valence electrons. The minimum atomic E-state index is -0.563. The van der Waals surface area contributed by atoms with Crippen molar-refractivity contribution in [3.8, 4) is 6.07 Å². The summed E-state index contributed by atoms with van der Waals surface area (Å²) in [5.74, 6) is 5.33. The molecule has 0 spiro atoms. The van der Waals surface area contributed by atoms with Crippen LogP contribution in [0.25, 0.3) is 0 Å². The fourth-order valence-electron chi connectivity index (χ4n) is 1.67. The molecule has 3 N–H and O–H groups in total. The number of nitriles is 1. The SMILES string of the molecule is Cc1nnc(S[C@H](C)C(=O)Nc2cccc(C#N)c2)n(N)c1=O. The van der Waals surface area contributed by atoms with Crippen molar-refractivity contribution in [2.75, 3.05) is 11.2 Å². The van der Waals surface area contributed by atoms with E-state index in [0.29, 0.717) is 11.3 Å². The number of aryl methyl sites for hydroxylation is 1. The monoisotopic (exact) mass is 330 g/mol. The van der Waals surface area contributed by atoms with E-state index in [4.69, 9.17) is 11.1 Å². The third kappa shape index (κ3) is 3.87. The van der Waals surface area contributed by atoms with Crippen LogP contribution in [0.15, 0.2) is 34.2 Å². The lowest BCUT2D eigenvalue weighted by Gasteiger charge is -2.12. The number of nitrogens with zero attached hydrogens (tertiary/aromatic N) is 4. The summed E-state index contributed by atoms with van der Waals surface area (Å²) >= 11 is 1.02. The van der Waals surface area contributed by atoms with Crippen molar-refractivity contribution < 1.29 is 4.79 Å². The number of hydrogen-bond donors (Lipinski definition) is 2. The zero-order valence-electron chi connectivity index (χ0n) is 12.5. The van der Waals surface area contributed by atoms with Gasteiger partial charge >= 0.3 is 0 Å². The van der Waals surface area contributed by atoms with Crippen LogP contribution >= 0.6 is 11.8 Å². The first-order valence-corrected chi connectivity index (χ1v) is 7.49. The Hall–Kier alpha value is -2.86. The fraction of sp³-hybridized carbons (Fsp3) is 0.214. The van der Waals surface area contributed by atoms with E-state index in [9.17, 15) is 9.59 Å². The van der Waals surface area contributed by atoms with E-state index in [0.717, 1.165) is 16.4 Å². The van der Waals surface area contributed by atoms with Crippen molar-refractivity contribution in [3.05, 3.63) is 45.9 Å². The van der Waals surface area contributed by atoms with Gasteiger partial charge in [-0.1, -0.05) is 17.8 Å². The third-order valence-corrected chi connectivity index (χ3v) is 3.99. The second kappa shape index (κ2) is 6.93. The van der Waals surface area contributed by atoms with Crippen LogP contribution in [0.1, 0.15) is 18.2 Å². The average Bonchev–Trinajstić information content (AvgIpc) is 2.55. The minimum Gasteiger partial charge on any atom is -0.334 e. The molecule has 0 radical (unpaired) electrons. The molecule has 2 rings (SSSR count). The van der Waals surface area contributed by atoms with Gasteiger partial charge in [0.25, 0.3) is 5.56 Å². The van der Waals surface area contributed by atoms with E-state index in [2.05, 4.69) is 15.5 Å². The molecule has 8 nitrogen and oxygen atoms in total. The highest BCUT2D eigenvalue weighted by atomic mass is 32.2. The lowest BCUT2D eigenvalue weighted by molar-refractivity contribution is -0.115. The van der Waals surface area contributed by atoms with Crippen LogP contribution in [-0.2, 0) is 4.79 Å². The Bertz CT molecular complexity index is 842. The first kappa shape index (κ1) is 16.5. The van der Waals surface area contributed by atoms with Gasteiger partial charge < -0.3 is 11.2 Å². The molecular formula is C14H14N6O2S. The second-order valence-electron chi connectivity index (χ2n) is 4.69. The maximum Gasteiger partial charge on any atom is 0.294 e. The van der Waals surface area contributed by atoms with E-state index in [1.807, 2.05) is 6.07 Å². The maximum atomic E-state index is 12.2. The Labute approximate surface area is 136 Å². The zero-order valence-corrected chi connectivity index (χ0v) is 13.3. The van der Waals surface area contributed by atoms with Crippen LogP contribution < -0.4 is 16.7 Å². The first-order chi connectivity index (χ1) is 10.9. The number of thioether (sulfide) groups is 1. The number of aromatic nitrogens is 3. The zero-order chi connectivity index (χ0) is 17.0. The summed E-state index contributed by atoms with van der Waals surface area (Å²) in [6.07, 6.45) is 0. The van der Waals surface area contributed by atoms with Crippen molar-refractivity contribution in [1.29, 1.82) is 5.26 Å². The van der Waals surface area contributed by atoms with Gasteiger partial charge in [0.2, 0.25) is 11.1 Å². The molecule has 0 bridgehead atoms. The highest BCUT2D eigenvalue weighted by Crippen LogP contribution is 2.20. The first-order valence-electron chi connectivity index (χ1n) is 6.61. The number of amides is 1. The summed E-state index contributed by atoms with van der Waals surface area (Å²) in [5, 5.41) is 18.7. The van der Waals surface area contributed by atoms with E-state index in [1.54, 1.807) is 31.2 Å². The van der Waals surface area contributed by atoms with E-state index in [-0.39, 0.29) is 16.8 Å². The molecule has 1 atom stereocenters. The Morgan fingerprint density at radius 1 is 1.48 bits per heavy atom. The third-order valence-electron chi connectivity index (χ3n) is 2.93. The van der Waals surface area contributed by atoms with E-state index >= 15 is 0 Å². The smallest absolute Gasteiger partial charge is 0.294 e. The predicted octanol–water partition coefficient (Wildman–Crippen LogP) is 0.651. The predicted molar refractivity (Wildman–Crippen MR) is 86.3 cm³/mol. The topological polar surface area (TPSA) is 127 Å². The number of hydrogen-bond acceptors (Lipinski definition) is 7. The molecule has 0 saturated carbocycles. The maximum absolute atomic E-state index is 12.2. The standard InChI is InChI=1S/C14H14N6O2S/c1-8-13(22)20(16)14(19-18-8)23-9(2)12(21)17-11-5-3-4-10(6-11)7-15/h3-6,9H,16H2,1-2H3,(H,17,21)/t9-/m1/s1. The summed E-state index contributed by atoms with van der Waals surface area (Å²) in [5.41, 5.74) is 0.684. The lowest BCUT2D eigenvalue weighted by atomic mass is 10.2. The van der Waals surface area contributed by atoms with Gasteiger partial charge in [-0.05, 0) is 32.0 Å². The van der Waals surface area contributed by atoms with E-state index < -0.39 is 10.8 Å². The molecule has 0 saturated heterocycles. The quantitative estimate of drug-likeness (QED) is 0.622. The minimum absolute atomic E-state index is 0.147. The van der Waals surface area contributed by atoms with Gasteiger partial charge in [0.15, 0.2) is 0 Å². The molecule has 2 aromatic rings. The Morgan fingerprint density at radius 2 is 2.22 bits per heavy atom. The van der Waals surface area contributed by atoms with Crippen LogP contribution in [-0.4, -0.2) is 26.0 Å². The van der Waals surface area contributed by atoms with Crippen molar-refractivity contribution in [2.24, 2.45) is 0 Å². The van der Waals surface area contributed by atoms with Crippen LogP contribution in [0.2, 0.25) is 0 Å².